The third-order valence-corrected chi connectivity index (χ3v) is 3.64. The minimum atomic E-state index is -0.247. The van der Waals surface area contributed by atoms with E-state index in [0.717, 1.165) is 11.1 Å². The van der Waals surface area contributed by atoms with Crippen molar-refractivity contribution in [3.05, 3.63) is 70.8 Å². The van der Waals surface area contributed by atoms with Crippen LogP contribution in [0.15, 0.2) is 42.5 Å². The van der Waals surface area contributed by atoms with Crippen LogP contribution >= 0.6 is 0 Å². The number of nitrogens with two attached hydrogens (primary N) is 1. The second-order valence-electron chi connectivity index (χ2n) is 5.31. The van der Waals surface area contributed by atoms with Crippen molar-refractivity contribution in [2.45, 2.75) is 19.5 Å². The molecule has 1 unspecified atom stereocenters. The van der Waals surface area contributed by atoms with Crippen LogP contribution in [0.1, 0.15) is 22.7 Å². The lowest BCUT2D eigenvalue weighted by molar-refractivity contribution is 0.241. The Morgan fingerprint density at radius 2 is 1.90 bits per heavy atom. The van der Waals surface area contributed by atoms with E-state index in [2.05, 4.69) is 0 Å². The van der Waals surface area contributed by atoms with E-state index in [0.29, 0.717) is 18.7 Å². The van der Waals surface area contributed by atoms with Gasteiger partial charge in [0.1, 0.15) is 11.6 Å². The third-order valence-electron chi connectivity index (χ3n) is 3.64. The maximum atomic E-state index is 13.4. The number of benzene rings is 2. The summed E-state index contributed by atoms with van der Waals surface area (Å²) < 4.78 is 26.6. The van der Waals surface area contributed by atoms with Gasteiger partial charge in [0.25, 0.3) is 0 Å². The molecule has 0 aliphatic heterocycles. The smallest absolute Gasteiger partial charge is 0.126 e. The van der Waals surface area contributed by atoms with Crippen LogP contribution in [0.5, 0.6) is 0 Å². The Labute approximate surface area is 124 Å². The quantitative estimate of drug-likeness (QED) is 0.914. The lowest BCUT2D eigenvalue weighted by Gasteiger charge is -2.27. The average Bonchev–Trinajstić information content (AvgIpc) is 2.43. The zero-order valence-corrected chi connectivity index (χ0v) is 12.3. The minimum absolute atomic E-state index is 0.0347. The van der Waals surface area contributed by atoms with Crippen molar-refractivity contribution in [2.24, 2.45) is 5.73 Å². The molecule has 0 heterocycles. The second-order valence-corrected chi connectivity index (χ2v) is 5.31. The molecule has 2 rings (SSSR count). The summed E-state index contributed by atoms with van der Waals surface area (Å²) in [6.07, 6.45) is 0. The van der Waals surface area contributed by atoms with Gasteiger partial charge >= 0.3 is 0 Å². The number of aryl methyl sites for hydroxylation is 1. The fourth-order valence-electron chi connectivity index (χ4n) is 2.48. The highest BCUT2D eigenvalue weighted by Crippen LogP contribution is 2.22. The lowest BCUT2D eigenvalue weighted by Crippen LogP contribution is -2.30. The Balaban J connectivity index is 2.18. The molecular formula is C17H20F2N2. The van der Waals surface area contributed by atoms with Crippen LogP contribution in [0.3, 0.4) is 0 Å². The van der Waals surface area contributed by atoms with Crippen molar-refractivity contribution < 1.29 is 8.78 Å². The summed E-state index contributed by atoms with van der Waals surface area (Å²) in [5.74, 6) is -0.467. The van der Waals surface area contributed by atoms with Crippen LogP contribution in [0.2, 0.25) is 0 Å². The van der Waals surface area contributed by atoms with E-state index in [1.54, 1.807) is 19.1 Å². The molecule has 0 aromatic heterocycles. The molecule has 0 radical (unpaired) electrons. The number of rotatable bonds is 5. The summed E-state index contributed by atoms with van der Waals surface area (Å²) >= 11 is 0. The fraction of sp³-hybridized carbons (Fsp3) is 0.294. The van der Waals surface area contributed by atoms with Gasteiger partial charge < -0.3 is 5.73 Å². The Kier molecular flexibility index (Phi) is 5.04. The van der Waals surface area contributed by atoms with Crippen molar-refractivity contribution in [2.75, 3.05) is 13.6 Å². The summed E-state index contributed by atoms with van der Waals surface area (Å²) in [5, 5.41) is 0. The van der Waals surface area contributed by atoms with Gasteiger partial charge in [0.2, 0.25) is 0 Å². The highest BCUT2D eigenvalue weighted by Gasteiger charge is 2.16. The van der Waals surface area contributed by atoms with Crippen molar-refractivity contribution in [1.82, 2.24) is 4.90 Å². The molecule has 0 bridgehead atoms. The maximum Gasteiger partial charge on any atom is 0.126 e. The van der Waals surface area contributed by atoms with E-state index in [9.17, 15) is 8.78 Å². The van der Waals surface area contributed by atoms with Crippen molar-refractivity contribution in [3.8, 4) is 0 Å². The molecule has 0 fully saturated rings. The summed E-state index contributed by atoms with van der Waals surface area (Å²) in [4.78, 5) is 2.04. The van der Waals surface area contributed by atoms with Crippen LogP contribution in [-0.2, 0) is 6.54 Å². The first-order chi connectivity index (χ1) is 10.0. The van der Waals surface area contributed by atoms with Gasteiger partial charge in [-0.05, 0) is 48.9 Å². The first-order valence-corrected chi connectivity index (χ1v) is 6.92. The molecule has 2 aromatic carbocycles. The Morgan fingerprint density at radius 3 is 2.52 bits per heavy atom. The molecule has 2 nitrogen and oxygen atoms in total. The second kappa shape index (κ2) is 6.78. The molecule has 0 saturated carbocycles. The van der Waals surface area contributed by atoms with Crippen molar-refractivity contribution in [1.29, 1.82) is 0 Å². The SMILES string of the molecule is Cc1cc(C(CN)N(C)Cc2cccc(F)c2)ccc1F. The zero-order chi connectivity index (χ0) is 15.4. The summed E-state index contributed by atoms with van der Waals surface area (Å²) in [5.41, 5.74) is 8.32. The predicted octanol–water partition coefficient (Wildman–Crippen LogP) is 3.41. The number of halogens is 2. The van der Waals surface area contributed by atoms with E-state index in [4.69, 9.17) is 5.73 Å². The van der Waals surface area contributed by atoms with Gasteiger partial charge in [0, 0.05) is 19.1 Å². The van der Waals surface area contributed by atoms with Gasteiger partial charge in [-0.1, -0.05) is 24.3 Å². The molecule has 0 saturated heterocycles. The van der Waals surface area contributed by atoms with Gasteiger partial charge in [-0.25, -0.2) is 8.78 Å². The predicted molar refractivity (Wildman–Crippen MR) is 80.8 cm³/mol. The summed E-state index contributed by atoms with van der Waals surface area (Å²) in [6, 6.07) is 11.5. The fourth-order valence-corrected chi connectivity index (χ4v) is 2.48. The van der Waals surface area contributed by atoms with Crippen molar-refractivity contribution in [3.63, 3.8) is 0 Å². The standard InChI is InChI=1S/C17H20F2N2/c1-12-8-14(6-7-16(12)19)17(10-20)21(2)11-13-4-3-5-15(18)9-13/h3-9,17H,10-11,20H2,1-2H3. The average molecular weight is 290 g/mol. The molecule has 4 heteroatoms. The molecular weight excluding hydrogens is 270 g/mol. The minimum Gasteiger partial charge on any atom is -0.329 e. The first kappa shape index (κ1) is 15.6. The maximum absolute atomic E-state index is 13.4. The van der Waals surface area contributed by atoms with Crippen molar-refractivity contribution >= 4 is 0 Å². The van der Waals surface area contributed by atoms with E-state index < -0.39 is 0 Å². The van der Waals surface area contributed by atoms with E-state index >= 15 is 0 Å². The zero-order valence-electron chi connectivity index (χ0n) is 12.3. The summed E-state index contributed by atoms with van der Waals surface area (Å²) in [6.45, 7) is 2.73. The Bertz CT molecular complexity index is 613. The van der Waals surface area contributed by atoms with Gasteiger partial charge in [-0.15, -0.1) is 0 Å². The lowest BCUT2D eigenvalue weighted by atomic mass is 10.0. The van der Waals surface area contributed by atoms with E-state index in [1.165, 1.54) is 18.2 Å². The molecule has 112 valence electrons. The van der Waals surface area contributed by atoms with Crippen LogP contribution < -0.4 is 5.73 Å². The monoisotopic (exact) mass is 290 g/mol. The molecule has 0 spiro atoms. The topological polar surface area (TPSA) is 29.3 Å². The highest BCUT2D eigenvalue weighted by molar-refractivity contribution is 5.27. The van der Waals surface area contributed by atoms with Gasteiger partial charge in [-0.2, -0.15) is 0 Å². The van der Waals surface area contributed by atoms with Crippen LogP contribution in [0.4, 0.5) is 8.78 Å². The first-order valence-electron chi connectivity index (χ1n) is 6.92. The van der Waals surface area contributed by atoms with Crippen LogP contribution in [-0.4, -0.2) is 18.5 Å². The highest BCUT2D eigenvalue weighted by atomic mass is 19.1. The van der Waals surface area contributed by atoms with Gasteiger partial charge in [0.15, 0.2) is 0 Å². The molecule has 2 aromatic rings. The molecule has 0 amide bonds. The van der Waals surface area contributed by atoms with Crippen LogP contribution in [0.25, 0.3) is 0 Å². The number of likely N-dealkylation sites (N-methyl/N-ethyl adjacent to an activating group) is 1. The number of hydrogen-bond acceptors (Lipinski definition) is 2. The normalized spacial score (nSPS) is 12.7. The molecule has 2 N–H and O–H groups in total. The van der Waals surface area contributed by atoms with Gasteiger partial charge in [-0.3, -0.25) is 4.90 Å². The Hall–Kier alpha value is -1.78. The number of hydrogen-bond donors (Lipinski definition) is 1. The third kappa shape index (κ3) is 3.86. The number of nitrogens with zero attached hydrogens (tertiary/aromatic N) is 1. The molecule has 0 aliphatic carbocycles. The largest absolute Gasteiger partial charge is 0.329 e. The molecule has 21 heavy (non-hydrogen) atoms. The van der Waals surface area contributed by atoms with Gasteiger partial charge in [0.05, 0.1) is 0 Å². The summed E-state index contributed by atoms with van der Waals surface area (Å²) in [7, 11) is 1.93. The van der Waals surface area contributed by atoms with E-state index in [-0.39, 0.29) is 17.7 Å². The Morgan fingerprint density at radius 1 is 1.14 bits per heavy atom. The van der Waals surface area contributed by atoms with Crippen LogP contribution in [0, 0.1) is 18.6 Å². The van der Waals surface area contributed by atoms with E-state index in [1.807, 2.05) is 24.1 Å². The molecule has 1 atom stereocenters. The molecule has 0 aliphatic rings.